The third-order valence-electron chi connectivity index (χ3n) is 3.53. The van der Waals surface area contributed by atoms with E-state index in [9.17, 15) is 14.4 Å². The first-order valence-electron chi connectivity index (χ1n) is 8.91. The predicted octanol–water partition coefficient (Wildman–Crippen LogP) is 3.32. The number of carbonyl (C=O) groups excluding carboxylic acids is 3. The molecule has 27 heavy (non-hydrogen) atoms. The van der Waals surface area contributed by atoms with E-state index >= 15 is 0 Å². The summed E-state index contributed by atoms with van der Waals surface area (Å²) in [6.07, 6.45) is 0.149. The highest BCUT2D eigenvalue weighted by atomic mass is 16.6. The van der Waals surface area contributed by atoms with Crippen LogP contribution in [0.3, 0.4) is 0 Å². The van der Waals surface area contributed by atoms with E-state index in [0.29, 0.717) is 0 Å². The van der Waals surface area contributed by atoms with E-state index in [4.69, 9.17) is 14.2 Å². The number of ether oxygens (including phenoxy) is 3. The maximum Gasteiger partial charge on any atom is 0.321 e. The highest BCUT2D eigenvalue weighted by Gasteiger charge is 2.44. The Hall–Kier alpha value is -2.37. The van der Waals surface area contributed by atoms with Crippen LogP contribution in [0.1, 0.15) is 47.1 Å². The van der Waals surface area contributed by atoms with Gasteiger partial charge in [0, 0.05) is 0 Å². The van der Waals surface area contributed by atoms with Gasteiger partial charge in [-0.2, -0.15) is 0 Å². The smallest absolute Gasteiger partial charge is 0.321 e. The zero-order chi connectivity index (χ0) is 20.8. The van der Waals surface area contributed by atoms with Crippen LogP contribution in [-0.4, -0.2) is 36.2 Å². The minimum Gasteiger partial charge on any atom is -0.469 e. The zero-order valence-corrected chi connectivity index (χ0v) is 17.2. The van der Waals surface area contributed by atoms with Gasteiger partial charge in [0.1, 0.15) is 11.2 Å². The molecular weight excluding hydrogens is 348 g/mol. The SMILES string of the molecule is COC(=O)C(Cc1ccccc1)C(C(=O)OC(C)(C)C)C(=O)OC(C)(C)C. The number of carbonyl (C=O) groups is 3. The lowest BCUT2D eigenvalue weighted by Gasteiger charge is -2.29. The number of rotatable bonds is 6. The molecule has 0 N–H and O–H groups in total. The number of hydrogen-bond donors (Lipinski definition) is 0. The summed E-state index contributed by atoms with van der Waals surface area (Å²) in [7, 11) is 1.22. The topological polar surface area (TPSA) is 78.9 Å². The van der Waals surface area contributed by atoms with Gasteiger partial charge in [0.25, 0.3) is 0 Å². The Morgan fingerprint density at radius 1 is 0.815 bits per heavy atom. The molecule has 0 spiro atoms. The molecule has 6 nitrogen and oxygen atoms in total. The Morgan fingerprint density at radius 2 is 1.26 bits per heavy atom. The molecule has 0 saturated carbocycles. The molecule has 1 rings (SSSR count). The first-order valence-corrected chi connectivity index (χ1v) is 8.91. The van der Waals surface area contributed by atoms with Gasteiger partial charge in [-0.3, -0.25) is 14.4 Å². The normalized spacial score (nSPS) is 13.0. The van der Waals surface area contributed by atoms with E-state index in [1.165, 1.54) is 7.11 Å². The van der Waals surface area contributed by atoms with Gasteiger partial charge < -0.3 is 14.2 Å². The van der Waals surface area contributed by atoms with E-state index in [1.54, 1.807) is 41.5 Å². The monoisotopic (exact) mass is 378 g/mol. The van der Waals surface area contributed by atoms with Crippen molar-refractivity contribution in [3.8, 4) is 0 Å². The molecule has 1 atom stereocenters. The van der Waals surface area contributed by atoms with Crippen LogP contribution in [0.15, 0.2) is 30.3 Å². The fraction of sp³-hybridized carbons (Fsp3) is 0.571. The van der Waals surface area contributed by atoms with Gasteiger partial charge in [0.2, 0.25) is 0 Å². The maximum absolute atomic E-state index is 12.8. The number of benzene rings is 1. The average Bonchev–Trinajstić information content (AvgIpc) is 2.51. The standard InChI is InChI=1S/C21H30O6/c1-20(2,3)26-18(23)16(19(24)27-21(4,5)6)15(17(22)25-7)13-14-11-9-8-10-12-14/h8-12,15-16H,13H2,1-7H3. The second kappa shape index (κ2) is 9.02. The Balaban J connectivity index is 3.29. The van der Waals surface area contributed by atoms with Crippen molar-refractivity contribution in [1.82, 2.24) is 0 Å². The molecule has 0 heterocycles. The van der Waals surface area contributed by atoms with Crippen LogP contribution >= 0.6 is 0 Å². The second-order valence-electron chi connectivity index (χ2n) is 8.36. The molecule has 0 aliphatic heterocycles. The molecule has 6 heteroatoms. The third kappa shape index (κ3) is 7.81. The summed E-state index contributed by atoms with van der Waals surface area (Å²) in [5, 5.41) is 0. The lowest BCUT2D eigenvalue weighted by atomic mass is 9.86. The lowest BCUT2D eigenvalue weighted by molar-refractivity contribution is -0.181. The van der Waals surface area contributed by atoms with Gasteiger partial charge in [-0.25, -0.2) is 0 Å². The van der Waals surface area contributed by atoms with Crippen molar-refractivity contribution in [1.29, 1.82) is 0 Å². The first kappa shape index (κ1) is 22.7. The summed E-state index contributed by atoms with van der Waals surface area (Å²) in [6, 6.07) is 9.11. The molecule has 0 saturated heterocycles. The molecular formula is C21H30O6. The van der Waals surface area contributed by atoms with Gasteiger partial charge in [0.05, 0.1) is 13.0 Å². The van der Waals surface area contributed by atoms with E-state index in [1.807, 2.05) is 30.3 Å². The van der Waals surface area contributed by atoms with Crippen LogP contribution in [-0.2, 0) is 35.0 Å². The predicted molar refractivity (Wildman–Crippen MR) is 101 cm³/mol. The molecule has 0 radical (unpaired) electrons. The quantitative estimate of drug-likeness (QED) is 0.429. The summed E-state index contributed by atoms with van der Waals surface area (Å²) >= 11 is 0. The van der Waals surface area contributed by atoms with E-state index in [2.05, 4.69) is 0 Å². The Kier molecular flexibility index (Phi) is 7.57. The second-order valence-corrected chi connectivity index (χ2v) is 8.36. The van der Waals surface area contributed by atoms with E-state index in [-0.39, 0.29) is 6.42 Å². The first-order chi connectivity index (χ1) is 12.3. The van der Waals surface area contributed by atoms with Crippen molar-refractivity contribution in [2.75, 3.05) is 7.11 Å². The van der Waals surface area contributed by atoms with Crippen molar-refractivity contribution in [2.24, 2.45) is 11.8 Å². The van der Waals surface area contributed by atoms with Crippen LogP contribution in [0.5, 0.6) is 0 Å². The molecule has 1 unspecified atom stereocenters. The highest BCUT2D eigenvalue weighted by Crippen LogP contribution is 2.26. The van der Waals surface area contributed by atoms with Crippen molar-refractivity contribution in [2.45, 2.75) is 59.2 Å². The fourth-order valence-electron chi connectivity index (χ4n) is 2.51. The van der Waals surface area contributed by atoms with Crippen LogP contribution in [0, 0.1) is 11.8 Å². The Bertz CT molecular complexity index is 623. The molecule has 1 aromatic carbocycles. The summed E-state index contributed by atoms with van der Waals surface area (Å²) in [4.78, 5) is 38.1. The van der Waals surface area contributed by atoms with Crippen molar-refractivity contribution >= 4 is 17.9 Å². The van der Waals surface area contributed by atoms with Gasteiger partial charge in [0.15, 0.2) is 5.92 Å². The highest BCUT2D eigenvalue weighted by molar-refractivity contribution is 5.99. The van der Waals surface area contributed by atoms with Gasteiger partial charge in [-0.05, 0) is 53.5 Å². The third-order valence-corrected chi connectivity index (χ3v) is 3.53. The van der Waals surface area contributed by atoms with Gasteiger partial charge >= 0.3 is 17.9 Å². The number of methoxy groups -OCH3 is 1. The molecule has 0 amide bonds. The summed E-state index contributed by atoms with van der Waals surface area (Å²) in [5.41, 5.74) is -0.833. The molecule has 1 aromatic rings. The van der Waals surface area contributed by atoms with E-state index < -0.39 is 40.9 Å². The molecule has 0 fully saturated rings. The summed E-state index contributed by atoms with van der Waals surface area (Å²) < 4.78 is 15.7. The van der Waals surface area contributed by atoms with Crippen LogP contribution in [0.25, 0.3) is 0 Å². The van der Waals surface area contributed by atoms with Crippen LogP contribution in [0.2, 0.25) is 0 Å². The van der Waals surface area contributed by atoms with Crippen molar-refractivity contribution in [3.05, 3.63) is 35.9 Å². The minimum atomic E-state index is -1.42. The van der Waals surface area contributed by atoms with E-state index in [0.717, 1.165) is 5.56 Å². The minimum absolute atomic E-state index is 0.149. The Labute approximate surface area is 161 Å². The summed E-state index contributed by atoms with van der Waals surface area (Å²) in [6.45, 7) is 10.2. The molecule has 0 aliphatic rings. The molecule has 150 valence electrons. The van der Waals surface area contributed by atoms with Crippen LogP contribution < -0.4 is 0 Å². The molecule has 0 aliphatic carbocycles. The molecule has 0 aromatic heterocycles. The Morgan fingerprint density at radius 3 is 1.63 bits per heavy atom. The van der Waals surface area contributed by atoms with Crippen molar-refractivity contribution < 1.29 is 28.6 Å². The lowest BCUT2D eigenvalue weighted by Crippen LogP contribution is -2.44. The van der Waals surface area contributed by atoms with Crippen LogP contribution in [0.4, 0.5) is 0 Å². The number of esters is 3. The molecule has 0 bridgehead atoms. The maximum atomic E-state index is 12.8. The van der Waals surface area contributed by atoms with Gasteiger partial charge in [-0.15, -0.1) is 0 Å². The average molecular weight is 378 g/mol. The zero-order valence-electron chi connectivity index (χ0n) is 17.2. The van der Waals surface area contributed by atoms with Crippen molar-refractivity contribution in [3.63, 3.8) is 0 Å². The number of hydrogen-bond acceptors (Lipinski definition) is 6. The van der Waals surface area contributed by atoms with Gasteiger partial charge in [-0.1, -0.05) is 30.3 Å². The summed E-state index contributed by atoms with van der Waals surface area (Å²) in [5.74, 6) is -4.75. The fourth-order valence-corrected chi connectivity index (χ4v) is 2.51. The largest absolute Gasteiger partial charge is 0.469 e.